The normalized spacial score (nSPS) is 12.9. The lowest BCUT2D eigenvalue weighted by Gasteiger charge is -2.22. The molecule has 0 spiro atoms. The minimum Gasteiger partial charge on any atom is -0.340 e. The number of nitrogens with zero attached hydrogens (tertiary/aromatic N) is 6. The van der Waals surface area contributed by atoms with Crippen LogP contribution < -0.4 is 5.32 Å². The molecule has 0 radical (unpaired) electrons. The zero-order valence-corrected chi connectivity index (χ0v) is 15.1. The molecule has 25 heavy (non-hydrogen) atoms. The molecule has 3 rings (SSSR count). The lowest BCUT2D eigenvalue weighted by Crippen LogP contribution is -2.34. The molecule has 1 atom stereocenters. The summed E-state index contributed by atoms with van der Waals surface area (Å²) in [5.41, 5.74) is 1.23. The maximum Gasteiger partial charge on any atom is 0.270 e. The lowest BCUT2D eigenvalue weighted by atomic mass is 10.0. The van der Waals surface area contributed by atoms with E-state index >= 15 is 0 Å². The van der Waals surface area contributed by atoms with E-state index in [2.05, 4.69) is 25.4 Å². The van der Waals surface area contributed by atoms with Crippen LogP contribution >= 0.6 is 0 Å². The van der Waals surface area contributed by atoms with Gasteiger partial charge in [-0.2, -0.15) is 10.1 Å². The van der Waals surface area contributed by atoms with E-state index in [4.69, 9.17) is 0 Å². The maximum absolute atomic E-state index is 12.8. The van der Waals surface area contributed by atoms with Crippen molar-refractivity contribution in [2.45, 2.75) is 39.7 Å². The largest absolute Gasteiger partial charge is 0.340 e. The number of aromatic nitrogens is 6. The highest BCUT2D eigenvalue weighted by Crippen LogP contribution is 2.21. The molecule has 0 aliphatic rings. The fraction of sp³-hybridized carbons (Fsp3) is 0.471. The Bertz CT molecular complexity index is 893. The molecule has 3 heterocycles. The Morgan fingerprint density at radius 2 is 1.96 bits per heavy atom. The van der Waals surface area contributed by atoms with Crippen LogP contribution in [0.1, 0.15) is 61.7 Å². The summed E-state index contributed by atoms with van der Waals surface area (Å²) < 4.78 is 3.58. The number of rotatable bonds is 5. The minimum absolute atomic E-state index is 0.187. The SMILES string of the molecule is CC(C)c1cc(C(=O)NC(c2nccn2C)C(C)C)nc2ncnn12. The molecule has 1 unspecified atom stereocenters. The second kappa shape index (κ2) is 6.62. The monoisotopic (exact) mass is 341 g/mol. The van der Waals surface area contributed by atoms with Gasteiger partial charge in [0.25, 0.3) is 11.7 Å². The average Bonchev–Trinajstić information content (AvgIpc) is 3.19. The molecule has 1 N–H and O–H groups in total. The molecule has 132 valence electrons. The highest BCUT2D eigenvalue weighted by Gasteiger charge is 2.24. The summed E-state index contributed by atoms with van der Waals surface area (Å²) in [5, 5.41) is 7.24. The summed E-state index contributed by atoms with van der Waals surface area (Å²) in [6, 6.07) is 1.57. The number of fused-ring (bicyclic) bond motifs is 1. The standard InChI is InChI=1S/C17H23N7O/c1-10(2)13-8-12(21-17-19-9-20-24(13)17)16(25)22-14(11(3)4)15-18-6-7-23(15)5/h6-11,14H,1-5H3,(H,22,25). The van der Waals surface area contributed by atoms with E-state index in [9.17, 15) is 4.79 Å². The van der Waals surface area contributed by atoms with E-state index in [0.717, 1.165) is 11.5 Å². The third-order valence-corrected chi connectivity index (χ3v) is 4.19. The molecule has 3 aromatic heterocycles. The number of amides is 1. The zero-order chi connectivity index (χ0) is 18.1. The number of imidazole rings is 1. The fourth-order valence-electron chi connectivity index (χ4n) is 2.78. The van der Waals surface area contributed by atoms with Crippen LogP contribution in [0, 0.1) is 5.92 Å². The molecule has 0 aliphatic heterocycles. The van der Waals surface area contributed by atoms with Crippen LogP contribution in [0.4, 0.5) is 0 Å². The third kappa shape index (κ3) is 3.24. The first-order valence-electron chi connectivity index (χ1n) is 8.37. The number of hydrogen-bond donors (Lipinski definition) is 1. The number of aryl methyl sites for hydroxylation is 1. The van der Waals surface area contributed by atoms with Crippen molar-refractivity contribution < 1.29 is 4.79 Å². The number of carbonyl (C=O) groups excluding carboxylic acids is 1. The van der Waals surface area contributed by atoms with Crippen molar-refractivity contribution in [3.05, 3.63) is 42.0 Å². The van der Waals surface area contributed by atoms with Gasteiger partial charge in [-0.3, -0.25) is 4.79 Å². The predicted molar refractivity (Wildman–Crippen MR) is 93.1 cm³/mol. The molecule has 1 amide bonds. The quantitative estimate of drug-likeness (QED) is 0.767. The Hall–Kier alpha value is -2.77. The first-order valence-corrected chi connectivity index (χ1v) is 8.37. The Kier molecular flexibility index (Phi) is 4.52. The van der Waals surface area contributed by atoms with E-state index in [1.807, 2.05) is 45.5 Å². The molecule has 0 aliphatic carbocycles. The number of carbonyl (C=O) groups is 1. The Morgan fingerprint density at radius 3 is 2.56 bits per heavy atom. The van der Waals surface area contributed by atoms with Crippen LogP contribution in [0.15, 0.2) is 24.8 Å². The highest BCUT2D eigenvalue weighted by atomic mass is 16.2. The summed E-state index contributed by atoms with van der Waals surface area (Å²) in [4.78, 5) is 25.7. The van der Waals surface area contributed by atoms with Crippen molar-refractivity contribution >= 4 is 11.7 Å². The first-order chi connectivity index (χ1) is 11.9. The Morgan fingerprint density at radius 1 is 1.20 bits per heavy atom. The van der Waals surface area contributed by atoms with E-state index in [-0.39, 0.29) is 23.8 Å². The summed E-state index contributed by atoms with van der Waals surface area (Å²) in [5.74, 6) is 1.38. The number of nitrogens with one attached hydrogen (secondary N) is 1. The molecular formula is C17H23N7O. The van der Waals surface area contributed by atoms with Gasteiger partial charge in [-0.05, 0) is 17.9 Å². The summed E-state index contributed by atoms with van der Waals surface area (Å²) >= 11 is 0. The van der Waals surface area contributed by atoms with Gasteiger partial charge in [0.05, 0.1) is 11.7 Å². The smallest absolute Gasteiger partial charge is 0.270 e. The van der Waals surface area contributed by atoms with Gasteiger partial charge >= 0.3 is 0 Å². The highest BCUT2D eigenvalue weighted by molar-refractivity contribution is 5.93. The molecule has 0 aromatic carbocycles. The van der Waals surface area contributed by atoms with Crippen LogP contribution in [0.25, 0.3) is 5.78 Å². The third-order valence-electron chi connectivity index (χ3n) is 4.19. The van der Waals surface area contributed by atoms with Crippen molar-refractivity contribution in [1.29, 1.82) is 0 Å². The van der Waals surface area contributed by atoms with E-state index in [1.54, 1.807) is 16.8 Å². The molecule has 8 heteroatoms. The van der Waals surface area contributed by atoms with E-state index in [1.165, 1.54) is 6.33 Å². The molecule has 0 saturated carbocycles. The average molecular weight is 341 g/mol. The zero-order valence-electron chi connectivity index (χ0n) is 15.1. The molecule has 0 fully saturated rings. The van der Waals surface area contributed by atoms with Crippen molar-refractivity contribution in [1.82, 2.24) is 34.4 Å². The van der Waals surface area contributed by atoms with Crippen molar-refractivity contribution in [2.24, 2.45) is 13.0 Å². The van der Waals surface area contributed by atoms with Crippen LogP contribution in [-0.4, -0.2) is 35.0 Å². The summed E-state index contributed by atoms with van der Waals surface area (Å²) in [6.45, 7) is 8.19. The molecule has 0 saturated heterocycles. The van der Waals surface area contributed by atoms with Crippen molar-refractivity contribution in [2.75, 3.05) is 0 Å². The van der Waals surface area contributed by atoms with Gasteiger partial charge in [0, 0.05) is 19.4 Å². The van der Waals surface area contributed by atoms with Crippen molar-refractivity contribution in [3.8, 4) is 0 Å². The maximum atomic E-state index is 12.8. The van der Waals surface area contributed by atoms with Gasteiger partial charge in [0.15, 0.2) is 0 Å². The Labute approximate surface area is 146 Å². The van der Waals surface area contributed by atoms with Gasteiger partial charge in [0.1, 0.15) is 17.8 Å². The molecular weight excluding hydrogens is 318 g/mol. The molecule has 3 aromatic rings. The van der Waals surface area contributed by atoms with Gasteiger partial charge in [0.2, 0.25) is 0 Å². The predicted octanol–water partition coefficient (Wildman–Crippen LogP) is 2.11. The second-order valence-electron chi connectivity index (χ2n) is 6.78. The van der Waals surface area contributed by atoms with Crippen LogP contribution in [0.3, 0.4) is 0 Å². The van der Waals surface area contributed by atoms with Gasteiger partial charge in [-0.15, -0.1) is 0 Å². The van der Waals surface area contributed by atoms with Gasteiger partial charge in [-0.1, -0.05) is 27.7 Å². The first kappa shape index (κ1) is 17.1. The second-order valence-corrected chi connectivity index (χ2v) is 6.78. The topological polar surface area (TPSA) is 90.0 Å². The fourth-order valence-corrected chi connectivity index (χ4v) is 2.78. The van der Waals surface area contributed by atoms with Crippen molar-refractivity contribution in [3.63, 3.8) is 0 Å². The lowest BCUT2D eigenvalue weighted by molar-refractivity contribution is 0.0917. The minimum atomic E-state index is -0.242. The van der Waals surface area contributed by atoms with E-state index in [0.29, 0.717) is 11.5 Å². The van der Waals surface area contributed by atoms with Gasteiger partial charge in [-0.25, -0.2) is 14.5 Å². The number of hydrogen-bond acceptors (Lipinski definition) is 5. The van der Waals surface area contributed by atoms with E-state index < -0.39 is 0 Å². The summed E-state index contributed by atoms with van der Waals surface area (Å²) in [6.07, 6.45) is 5.04. The summed E-state index contributed by atoms with van der Waals surface area (Å²) in [7, 11) is 1.92. The van der Waals surface area contributed by atoms with Crippen LogP contribution in [-0.2, 0) is 7.05 Å². The molecule has 8 nitrogen and oxygen atoms in total. The van der Waals surface area contributed by atoms with Crippen LogP contribution in [0.2, 0.25) is 0 Å². The van der Waals surface area contributed by atoms with Gasteiger partial charge < -0.3 is 9.88 Å². The Balaban J connectivity index is 1.95. The van der Waals surface area contributed by atoms with Crippen LogP contribution in [0.5, 0.6) is 0 Å². The molecule has 0 bridgehead atoms.